The lowest BCUT2D eigenvalue weighted by Gasteiger charge is -2.09. The lowest BCUT2D eigenvalue weighted by molar-refractivity contribution is -0.121. The molecule has 0 bridgehead atoms. The predicted octanol–water partition coefficient (Wildman–Crippen LogP) is 0.370. The molecule has 0 radical (unpaired) electrons. The van der Waals surface area contributed by atoms with Crippen LogP contribution in [0.3, 0.4) is 0 Å². The van der Waals surface area contributed by atoms with E-state index in [-0.39, 0.29) is 29.6 Å². The summed E-state index contributed by atoms with van der Waals surface area (Å²) >= 11 is 0. The van der Waals surface area contributed by atoms with Crippen LogP contribution >= 0.6 is 0 Å². The third-order valence-electron chi connectivity index (χ3n) is 3.63. The zero-order valence-electron chi connectivity index (χ0n) is 14.2. The molecule has 0 spiro atoms. The average molecular weight is 344 g/mol. The summed E-state index contributed by atoms with van der Waals surface area (Å²) in [5.41, 5.74) is 0.922. The Labute approximate surface area is 143 Å². The van der Waals surface area contributed by atoms with Gasteiger partial charge in [-0.2, -0.15) is 5.10 Å². The van der Waals surface area contributed by atoms with Crippen molar-refractivity contribution < 1.29 is 9.53 Å². The first-order valence-electron chi connectivity index (χ1n) is 8.14. The van der Waals surface area contributed by atoms with Crippen molar-refractivity contribution in [3.05, 3.63) is 34.9 Å². The fraction of sp³-hybridized carbons (Fsp3) is 0.438. The third kappa shape index (κ3) is 3.82. The first kappa shape index (κ1) is 17.0. The molecule has 0 aromatic carbocycles. The summed E-state index contributed by atoms with van der Waals surface area (Å²) in [6.07, 6.45) is 4.05. The number of nitrogens with one attached hydrogen (secondary N) is 1. The molecule has 3 rings (SSSR count). The highest BCUT2D eigenvalue weighted by atomic mass is 16.5. The Morgan fingerprint density at radius 3 is 2.96 bits per heavy atom. The zero-order chi connectivity index (χ0) is 17.8. The second-order valence-electron chi connectivity index (χ2n) is 5.91. The molecule has 0 saturated heterocycles. The number of rotatable bonds is 7. The fourth-order valence-corrected chi connectivity index (χ4v) is 2.43. The summed E-state index contributed by atoms with van der Waals surface area (Å²) in [7, 11) is 0. The van der Waals surface area contributed by atoms with E-state index in [0.717, 1.165) is 6.42 Å². The molecule has 0 saturated carbocycles. The summed E-state index contributed by atoms with van der Waals surface area (Å²) in [6, 6.07) is 3.41. The van der Waals surface area contributed by atoms with Gasteiger partial charge in [0, 0.05) is 25.4 Å². The lowest BCUT2D eigenvalue weighted by Crippen LogP contribution is -2.33. The summed E-state index contributed by atoms with van der Waals surface area (Å²) in [5, 5.41) is 14.8. The van der Waals surface area contributed by atoms with Gasteiger partial charge in [-0.05, 0) is 26.3 Å². The topological polar surface area (TPSA) is 103 Å². The summed E-state index contributed by atoms with van der Waals surface area (Å²) < 4.78 is 8.26. The highest BCUT2D eigenvalue weighted by molar-refractivity contribution is 5.77. The molecule has 0 fully saturated rings. The van der Waals surface area contributed by atoms with E-state index in [0.29, 0.717) is 24.3 Å². The van der Waals surface area contributed by atoms with Gasteiger partial charge >= 0.3 is 0 Å². The minimum absolute atomic E-state index is 0.0708. The largest absolute Gasteiger partial charge is 0.379 e. The van der Waals surface area contributed by atoms with Gasteiger partial charge < -0.3 is 14.6 Å². The van der Waals surface area contributed by atoms with Crippen LogP contribution < -0.4 is 10.9 Å². The van der Waals surface area contributed by atoms with Crippen LogP contribution in [-0.4, -0.2) is 49.5 Å². The predicted molar refractivity (Wildman–Crippen MR) is 91.3 cm³/mol. The summed E-state index contributed by atoms with van der Waals surface area (Å²) in [5.74, 6) is -0.237. The maximum Gasteiger partial charge on any atom is 0.281 e. The molecule has 1 N–H and O–H groups in total. The van der Waals surface area contributed by atoms with Gasteiger partial charge in [0.05, 0.1) is 12.3 Å². The van der Waals surface area contributed by atoms with Crippen LogP contribution in [0.2, 0.25) is 0 Å². The molecule has 3 aromatic rings. The Bertz CT molecular complexity index is 946. The average Bonchev–Trinajstić information content (AvgIpc) is 3.05. The number of fused-ring (bicyclic) bond motifs is 3. The molecule has 0 atom stereocenters. The molecule has 0 aliphatic rings. The number of nitrogens with zero attached hydrogens (tertiary/aromatic N) is 5. The Kier molecular flexibility index (Phi) is 5.03. The van der Waals surface area contributed by atoms with Crippen LogP contribution in [0.25, 0.3) is 16.7 Å². The van der Waals surface area contributed by atoms with Gasteiger partial charge in [0.25, 0.3) is 5.56 Å². The smallest absolute Gasteiger partial charge is 0.281 e. The highest BCUT2D eigenvalue weighted by Crippen LogP contribution is 2.07. The highest BCUT2D eigenvalue weighted by Gasteiger charge is 2.11. The van der Waals surface area contributed by atoms with E-state index < -0.39 is 0 Å². The first-order chi connectivity index (χ1) is 12.1. The number of amides is 1. The van der Waals surface area contributed by atoms with Gasteiger partial charge in [-0.25, -0.2) is 4.52 Å². The van der Waals surface area contributed by atoms with E-state index in [2.05, 4.69) is 20.6 Å². The molecule has 9 heteroatoms. The molecular formula is C16H20N6O3. The standard InChI is InChI=1S/C16H20N6O3/c1-11(2)25-9-3-6-17-14(23)10-21-8-5-12-15(16(21)24)20-19-13-4-7-18-22(12)13/h4-5,7-8,11H,3,6,9-10H2,1-2H3,(H,17,23). The minimum atomic E-state index is -0.374. The van der Waals surface area contributed by atoms with Crippen LogP contribution in [0, 0.1) is 0 Å². The van der Waals surface area contributed by atoms with Crippen LogP contribution in [0.1, 0.15) is 20.3 Å². The third-order valence-corrected chi connectivity index (χ3v) is 3.63. The van der Waals surface area contributed by atoms with Crippen molar-refractivity contribution in [3.63, 3.8) is 0 Å². The van der Waals surface area contributed by atoms with Crippen molar-refractivity contribution in [1.29, 1.82) is 0 Å². The number of hydrogen-bond acceptors (Lipinski definition) is 6. The SMILES string of the molecule is CC(C)OCCCNC(=O)Cn1ccc2c(nnc3ccnn32)c1=O. The molecule has 9 nitrogen and oxygen atoms in total. The van der Waals surface area contributed by atoms with Crippen molar-refractivity contribution in [2.24, 2.45) is 0 Å². The first-order valence-corrected chi connectivity index (χ1v) is 8.14. The molecule has 0 unspecified atom stereocenters. The van der Waals surface area contributed by atoms with Crippen LogP contribution in [0.4, 0.5) is 0 Å². The quantitative estimate of drug-likeness (QED) is 0.621. The van der Waals surface area contributed by atoms with Gasteiger partial charge in [-0.15, -0.1) is 10.2 Å². The molecular weight excluding hydrogens is 324 g/mol. The second kappa shape index (κ2) is 7.39. The maximum absolute atomic E-state index is 12.5. The van der Waals surface area contributed by atoms with Crippen molar-refractivity contribution in [2.45, 2.75) is 32.9 Å². The van der Waals surface area contributed by atoms with Crippen molar-refractivity contribution in [3.8, 4) is 0 Å². The second-order valence-corrected chi connectivity index (χ2v) is 5.91. The molecule has 3 aromatic heterocycles. The van der Waals surface area contributed by atoms with E-state index in [4.69, 9.17) is 4.74 Å². The number of hydrogen-bond donors (Lipinski definition) is 1. The van der Waals surface area contributed by atoms with Crippen molar-refractivity contribution in [2.75, 3.05) is 13.2 Å². The van der Waals surface area contributed by atoms with E-state index in [1.54, 1.807) is 29.0 Å². The zero-order valence-corrected chi connectivity index (χ0v) is 14.2. The van der Waals surface area contributed by atoms with Crippen LogP contribution in [0.15, 0.2) is 29.3 Å². The number of aromatic nitrogens is 5. The Hall–Kier alpha value is -2.81. The van der Waals surface area contributed by atoms with E-state index in [1.165, 1.54) is 4.57 Å². The molecule has 132 valence electrons. The van der Waals surface area contributed by atoms with E-state index in [1.807, 2.05) is 13.8 Å². The van der Waals surface area contributed by atoms with Gasteiger partial charge in [-0.1, -0.05) is 0 Å². The summed E-state index contributed by atoms with van der Waals surface area (Å²) in [4.78, 5) is 24.5. The molecule has 25 heavy (non-hydrogen) atoms. The number of carbonyl (C=O) groups excluding carboxylic acids is 1. The fourth-order valence-electron chi connectivity index (χ4n) is 2.43. The van der Waals surface area contributed by atoms with Crippen LogP contribution in [0.5, 0.6) is 0 Å². The maximum atomic E-state index is 12.5. The molecule has 0 aliphatic heterocycles. The number of pyridine rings is 1. The van der Waals surface area contributed by atoms with Gasteiger partial charge in [0.1, 0.15) is 12.1 Å². The van der Waals surface area contributed by atoms with Crippen LogP contribution in [-0.2, 0) is 16.1 Å². The van der Waals surface area contributed by atoms with E-state index in [9.17, 15) is 9.59 Å². The molecule has 1 amide bonds. The normalized spacial score (nSPS) is 11.5. The van der Waals surface area contributed by atoms with Crippen molar-refractivity contribution >= 4 is 22.6 Å². The Morgan fingerprint density at radius 1 is 1.32 bits per heavy atom. The van der Waals surface area contributed by atoms with E-state index >= 15 is 0 Å². The minimum Gasteiger partial charge on any atom is -0.379 e. The molecule has 0 aliphatic carbocycles. The number of ether oxygens (including phenoxy) is 1. The summed E-state index contributed by atoms with van der Waals surface area (Å²) in [6.45, 7) is 4.94. The molecule has 3 heterocycles. The van der Waals surface area contributed by atoms with Crippen molar-refractivity contribution in [1.82, 2.24) is 29.7 Å². The monoisotopic (exact) mass is 344 g/mol. The Morgan fingerprint density at radius 2 is 2.16 bits per heavy atom. The number of carbonyl (C=O) groups is 1. The lowest BCUT2D eigenvalue weighted by atomic mass is 10.3. The van der Waals surface area contributed by atoms with Gasteiger partial charge in [0.2, 0.25) is 5.91 Å². The Balaban J connectivity index is 1.67. The van der Waals surface area contributed by atoms with Gasteiger partial charge in [-0.3, -0.25) is 9.59 Å². The van der Waals surface area contributed by atoms with Gasteiger partial charge in [0.15, 0.2) is 11.2 Å².